The molecule has 2 nitrogen and oxygen atoms in total. The van der Waals surface area contributed by atoms with E-state index in [0.29, 0.717) is 5.56 Å². The van der Waals surface area contributed by atoms with E-state index < -0.39 is 23.1 Å². The first kappa shape index (κ1) is 9.64. The average molecular weight is 185 g/mol. The third-order valence-corrected chi connectivity index (χ3v) is 1.97. The maximum absolute atomic E-state index is 13.2. The molecule has 0 saturated carbocycles. The highest BCUT2D eigenvalue weighted by molar-refractivity contribution is 5.93. The number of carbonyl (C=O) groups excluding carboxylic acids is 1. The van der Waals surface area contributed by atoms with Crippen molar-refractivity contribution in [3.8, 4) is 0 Å². The van der Waals surface area contributed by atoms with Crippen LogP contribution in [0.4, 0.5) is 8.78 Å². The van der Waals surface area contributed by atoms with Gasteiger partial charge < -0.3 is 5.73 Å². The molecular weight excluding hydrogens is 176 g/mol. The molecule has 0 unspecified atom stereocenters. The molecule has 0 spiro atoms. The van der Waals surface area contributed by atoms with Gasteiger partial charge in [-0.25, -0.2) is 8.78 Å². The van der Waals surface area contributed by atoms with Gasteiger partial charge in [0.1, 0.15) is 17.2 Å². The molecule has 1 amide bonds. The zero-order valence-electron chi connectivity index (χ0n) is 7.32. The largest absolute Gasteiger partial charge is 0.365 e. The van der Waals surface area contributed by atoms with E-state index in [1.54, 1.807) is 6.92 Å². The number of primary amides is 1. The summed E-state index contributed by atoms with van der Waals surface area (Å²) in [6.07, 6.45) is 0. The van der Waals surface area contributed by atoms with Crippen LogP contribution >= 0.6 is 0 Å². The van der Waals surface area contributed by atoms with Crippen molar-refractivity contribution < 1.29 is 13.6 Å². The Bertz CT molecular complexity index is 374. The lowest BCUT2D eigenvalue weighted by atomic mass is 10.0. The standard InChI is InChI=1S/C9H9F2NO/c1-4-3-6(10)7(9(12)13)8(11)5(4)2/h3H,1-2H3,(H2,12,13). The van der Waals surface area contributed by atoms with Crippen molar-refractivity contribution in [2.45, 2.75) is 13.8 Å². The van der Waals surface area contributed by atoms with E-state index in [4.69, 9.17) is 5.73 Å². The Morgan fingerprint density at radius 2 is 1.92 bits per heavy atom. The van der Waals surface area contributed by atoms with Gasteiger partial charge in [-0.1, -0.05) is 0 Å². The fourth-order valence-corrected chi connectivity index (χ4v) is 1.06. The first-order chi connectivity index (χ1) is 5.95. The van der Waals surface area contributed by atoms with E-state index in [9.17, 15) is 13.6 Å². The summed E-state index contributed by atoms with van der Waals surface area (Å²) in [5.41, 5.74) is 4.86. The topological polar surface area (TPSA) is 43.1 Å². The molecule has 70 valence electrons. The minimum atomic E-state index is -1.09. The van der Waals surface area contributed by atoms with E-state index in [0.717, 1.165) is 6.07 Å². The Kier molecular flexibility index (Phi) is 2.32. The van der Waals surface area contributed by atoms with Crippen LogP contribution in [0, 0.1) is 25.5 Å². The highest BCUT2D eigenvalue weighted by Crippen LogP contribution is 2.19. The van der Waals surface area contributed by atoms with Crippen molar-refractivity contribution in [2.75, 3.05) is 0 Å². The molecule has 0 aromatic heterocycles. The van der Waals surface area contributed by atoms with Gasteiger partial charge in [0.2, 0.25) is 0 Å². The van der Waals surface area contributed by atoms with Gasteiger partial charge in [-0.2, -0.15) is 0 Å². The van der Waals surface area contributed by atoms with E-state index in [1.807, 2.05) is 0 Å². The second-order valence-corrected chi connectivity index (χ2v) is 2.85. The van der Waals surface area contributed by atoms with Crippen LogP contribution in [-0.4, -0.2) is 5.91 Å². The molecule has 1 aromatic rings. The fourth-order valence-electron chi connectivity index (χ4n) is 1.06. The number of halogens is 2. The summed E-state index contributed by atoms with van der Waals surface area (Å²) in [7, 11) is 0. The first-order valence-corrected chi connectivity index (χ1v) is 3.70. The lowest BCUT2D eigenvalue weighted by Gasteiger charge is -2.06. The zero-order valence-corrected chi connectivity index (χ0v) is 7.32. The molecule has 1 rings (SSSR count). The Labute approximate surface area is 74.4 Å². The van der Waals surface area contributed by atoms with Gasteiger partial charge in [-0.15, -0.1) is 0 Å². The molecule has 0 saturated heterocycles. The third-order valence-electron chi connectivity index (χ3n) is 1.97. The smallest absolute Gasteiger partial charge is 0.254 e. The summed E-state index contributed by atoms with van der Waals surface area (Å²) in [6.45, 7) is 3.03. The van der Waals surface area contributed by atoms with Gasteiger partial charge in [0.05, 0.1) is 0 Å². The van der Waals surface area contributed by atoms with E-state index in [2.05, 4.69) is 0 Å². The monoisotopic (exact) mass is 185 g/mol. The van der Waals surface area contributed by atoms with Crippen LogP contribution in [0.1, 0.15) is 21.5 Å². The van der Waals surface area contributed by atoms with Crippen LogP contribution in [0.15, 0.2) is 6.07 Å². The molecule has 0 bridgehead atoms. The molecule has 0 fully saturated rings. The summed E-state index contributed by atoms with van der Waals surface area (Å²) in [5.74, 6) is -2.86. The number of carbonyl (C=O) groups is 1. The molecule has 0 atom stereocenters. The summed E-state index contributed by atoms with van der Waals surface area (Å²) in [6, 6.07) is 1.10. The summed E-state index contributed by atoms with van der Waals surface area (Å²) in [5, 5.41) is 0. The zero-order chi connectivity index (χ0) is 10.2. The maximum atomic E-state index is 13.2. The van der Waals surface area contributed by atoms with Gasteiger partial charge >= 0.3 is 0 Å². The molecule has 1 aromatic carbocycles. The number of amides is 1. The first-order valence-electron chi connectivity index (χ1n) is 3.70. The predicted octanol–water partition coefficient (Wildman–Crippen LogP) is 1.68. The number of benzene rings is 1. The summed E-state index contributed by atoms with van der Waals surface area (Å²) < 4.78 is 26.2. The van der Waals surface area contributed by atoms with Gasteiger partial charge in [0, 0.05) is 0 Å². The molecule has 0 heterocycles. The third kappa shape index (κ3) is 1.52. The molecule has 0 radical (unpaired) electrons. The summed E-state index contributed by atoms with van der Waals surface area (Å²) in [4.78, 5) is 10.6. The Balaban J connectivity index is 3.53. The van der Waals surface area contributed by atoms with Crippen molar-refractivity contribution in [3.05, 3.63) is 34.4 Å². The van der Waals surface area contributed by atoms with Crippen molar-refractivity contribution in [1.82, 2.24) is 0 Å². The molecule has 0 aliphatic carbocycles. The quantitative estimate of drug-likeness (QED) is 0.710. The highest BCUT2D eigenvalue weighted by Gasteiger charge is 2.17. The highest BCUT2D eigenvalue weighted by atomic mass is 19.1. The van der Waals surface area contributed by atoms with Crippen LogP contribution in [0.2, 0.25) is 0 Å². The lowest BCUT2D eigenvalue weighted by Crippen LogP contribution is -2.16. The average Bonchev–Trinajstić information content (AvgIpc) is 1.99. The van der Waals surface area contributed by atoms with Gasteiger partial charge in [-0.05, 0) is 31.0 Å². The minimum absolute atomic E-state index is 0.246. The van der Waals surface area contributed by atoms with Crippen LogP contribution < -0.4 is 5.73 Å². The normalized spacial score (nSPS) is 10.2. The number of nitrogens with two attached hydrogens (primary N) is 1. The molecule has 2 N–H and O–H groups in total. The number of hydrogen-bond acceptors (Lipinski definition) is 1. The van der Waals surface area contributed by atoms with Gasteiger partial charge in [0.15, 0.2) is 0 Å². The number of aryl methyl sites for hydroxylation is 1. The van der Waals surface area contributed by atoms with Crippen molar-refractivity contribution in [2.24, 2.45) is 5.73 Å². The minimum Gasteiger partial charge on any atom is -0.365 e. The SMILES string of the molecule is Cc1cc(F)c(C(N)=O)c(F)c1C. The fraction of sp³-hybridized carbons (Fsp3) is 0.222. The van der Waals surface area contributed by atoms with Crippen LogP contribution in [0.5, 0.6) is 0 Å². The second kappa shape index (κ2) is 3.12. The van der Waals surface area contributed by atoms with Gasteiger partial charge in [-0.3, -0.25) is 4.79 Å². The Hall–Kier alpha value is -1.45. The number of hydrogen-bond donors (Lipinski definition) is 1. The Morgan fingerprint density at radius 3 is 2.38 bits per heavy atom. The molecular formula is C9H9F2NO. The lowest BCUT2D eigenvalue weighted by molar-refractivity contribution is 0.0992. The predicted molar refractivity (Wildman–Crippen MR) is 44.3 cm³/mol. The van der Waals surface area contributed by atoms with Crippen LogP contribution in [0.25, 0.3) is 0 Å². The van der Waals surface area contributed by atoms with E-state index in [-0.39, 0.29) is 5.56 Å². The van der Waals surface area contributed by atoms with Crippen LogP contribution in [-0.2, 0) is 0 Å². The van der Waals surface area contributed by atoms with Crippen molar-refractivity contribution >= 4 is 5.91 Å². The van der Waals surface area contributed by atoms with Gasteiger partial charge in [0.25, 0.3) is 5.91 Å². The molecule has 0 aliphatic rings. The van der Waals surface area contributed by atoms with E-state index in [1.165, 1.54) is 6.92 Å². The van der Waals surface area contributed by atoms with E-state index >= 15 is 0 Å². The summed E-state index contributed by atoms with van der Waals surface area (Å²) >= 11 is 0. The van der Waals surface area contributed by atoms with Crippen molar-refractivity contribution in [1.29, 1.82) is 0 Å². The molecule has 13 heavy (non-hydrogen) atoms. The van der Waals surface area contributed by atoms with Crippen molar-refractivity contribution in [3.63, 3.8) is 0 Å². The van der Waals surface area contributed by atoms with Crippen LogP contribution in [0.3, 0.4) is 0 Å². The Morgan fingerprint density at radius 1 is 1.38 bits per heavy atom. The number of rotatable bonds is 1. The molecule has 0 aliphatic heterocycles. The maximum Gasteiger partial charge on any atom is 0.254 e. The molecule has 4 heteroatoms. The second-order valence-electron chi connectivity index (χ2n) is 2.85.